The maximum Gasteiger partial charge on any atom is 0.242 e. The normalized spacial score (nSPS) is 18.0. The van der Waals surface area contributed by atoms with Gasteiger partial charge in [-0.25, -0.2) is 0 Å². The number of carbonyl (C=O) groups is 2. The van der Waals surface area contributed by atoms with E-state index in [0.29, 0.717) is 6.54 Å². The zero-order valence-electron chi connectivity index (χ0n) is 23.6. The van der Waals surface area contributed by atoms with Crippen LogP contribution in [0.5, 0.6) is 0 Å². The Labute approximate surface area is 228 Å². The third-order valence-electron chi connectivity index (χ3n) is 8.35. The summed E-state index contributed by atoms with van der Waals surface area (Å²) in [7, 11) is 0. The summed E-state index contributed by atoms with van der Waals surface area (Å²) in [5.74, 6) is 0.380. The summed E-state index contributed by atoms with van der Waals surface area (Å²) in [5.41, 5.74) is 4.86. The van der Waals surface area contributed by atoms with Crippen LogP contribution in [0.1, 0.15) is 75.3 Å². The minimum atomic E-state index is -0.0254. The zero-order chi connectivity index (χ0) is 27.2. The summed E-state index contributed by atoms with van der Waals surface area (Å²) in [6.45, 7) is 11.9. The molecule has 1 aromatic heterocycles. The molecule has 2 aromatic carbocycles. The Hall–Kier alpha value is -3.34. The summed E-state index contributed by atoms with van der Waals surface area (Å²) in [6.07, 6.45) is 4.64. The van der Waals surface area contributed by atoms with Crippen LogP contribution in [0.2, 0.25) is 0 Å². The third-order valence-corrected chi connectivity index (χ3v) is 8.35. The predicted octanol–water partition coefficient (Wildman–Crippen LogP) is 6.40. The van der Waals surface area contributed by atoms with E-state index in [1.54, 1.807) is 0 Å². The van der Waals surface area contributed by atoms with Crippen molar-refractivity contribution in [2.45, 2.75) is 85.0 Å². The highest BCUT2D eigenvalue weighted by atomic mass is 16.2. The molecule has 0 spiro atoms. The maximum absolute atomic E-state index is 13.8. The molecule has 0 radical (unpaired) electrons. The van der Waals surface area contributed by atoms with Gasteiger partial charge in [0, 0.05) is 36.4 Å². The maximum atomic E-state index is 13.8. The van der Waals surface area contributed by atoms with Crippen LogP contribution in [0.4, 0.5) is 0 Å². The second-order valence-electron chi connectivity index (χ2n) is 10.9. The molecule has 1 saturated carbocycles. The Kier molecular flexibility index (Phi) is 9.09. The number of hydrogen-bond acceptors (Lipinski definition) is 2. The van der Waals surface area contributed by atoms with E-state index in [1.165, 1.54) is 16.7 Å². The summed E-state index contributed by atoms with van der Waals surface area (Å²) >= 11 is 0. The second-order valence-corrected chi connectivity index (χ2v) is 10.9. The van der Waals surface area contributed by atoms with Crippen LogP contribution in [0.3, 0.4) is 0 Å². The Bertz CT molecular complexity index is 1220. The number of carbonyl (C=O) groups excluding carboxylic acids is 2. The lowest BCUT2D eigenvalue weighted by Gasteiger charge is -2.34. The van der Waals surface area contributed by atoms with E-state index in [1.807, 2.05) is 28.0 Å². The van der Waals surface area contributed by atoms with Crippen LogP contribution in [0.15, 0.2) is 72.9 Å². The Morgan fingerprint density at radius 3 is 2.24 bits per heavy atom. The first-order valence-corrected chi connectivity index (χ1v) is 14.2. The monoisotopic (exact) mass is 513 g/mol. The summed E-state index contributed by atoms with van der Waals surface area (Å²) < 4.78 is 2.23. The van der Waals surface area contributed by atoms with E-state index in [4.69, 9.17) is 0 Å². The van der Waals surface area contributed by atoms with E-state index in [9.17, 15) is 9.59 Å². The van der Waals surface area contributed by atoms with Crippen molar-refractivity contribution < 1.29 is 9.59 Å². The molecule has 5 heteroatoms. The SMILES string of the molecule is CCC(C)N(Cc1cccn1Cc1ccccc1C)C(=O)CN(C(=O)C1CC1c1ccccc1)C(C)CC. The Balaban J connectivity index is 1.49. The lowest BCUT2D eigenvalue weighted by molar-refractivity contribution is -0.144. The molecule has 4 unspecified atom stereocenters. The quantitative estimate of drug-likeness (QED) is 0.281. The van der Waals surface area contributed by atoms with Gasteiger partial charge in [-0.2, -0.15) is 0 Å². The largest absolute Gasteiger partial charge is 0.345 e. The van der Waals surface area contributed by atoms with Gasteiger partial charge in [-0.05, 0) is 74.8 Å². The number of benzene rings is 2. The van der Waals surface area contributed by atoms with Crippen LogP contribution >= 0.6 is 0 Å². The summed E-state index contributed by atoms with van der Waals surface area (Å²) in [4.78, 5) is 31.3. The molecule has 2 amide bonds. The van der Waals surface area contributed by atoms with Crippen LogP contribution < -0.4 is 0 Å². The molecule has 3 aromatic rings. The lowest BCUT2D eigenvalue weighted by Crippen LogP contribution is -2.49. The molecule has 0 N–H and O–H groups in total. The molecule has 202 valence electrons. The van der Waals surface area contributed by atoms with E-state index in [0.717, 1.165) is 31.5 Å². The van der Waals surface area contributed by atoms with E-state index in [-0.39, 0.29) is 42.3 Å². The van der Waals surface area contributed by atoms with Gasteiger partial charge in [0.1, 0.15) is 6.54 Å². The lowest BCUT2D eigenvalue weighted by atomic mass is 10.1. The molecule has 38 heavy (non-hydrogen) atoms. The minimum Gasteiger partial charge on any atom is -0.345 e. The van der Waals surface area contributed by atoms with Crippen molar-refractivity contribution in [3.05, 3.63) is 95.3 Å². The topological polar surface area (TPSA) is 45.6 Å². The van der Waals surface area contributed by atoms with Gasteiger partial charge in [0.2, 0.25) is 11.8 Å². The molecular weight excluding hydrogens is 470 g/mol. The third kappa shape index (κ3) is 6.38. The smallest absolute Gasteiger partial charge is 0.242 e. The number of aryl methyl sites for hydroxylation is 1. The fraction of sp³-hybridized carbons (Fsp3) is 0.455. The predicted molar refractivity (Wildman–Crippen MR) is 154 cm³/mol. The van der Waals surface area contributed by atoms with E-state index in [2.05, 4.69) is 93.9 Å². The highest BCUT2D eigenvalue weighted by Crippen LogP contribution is 2.48. The second kappa shape index (κ2) is 12.5. The zero-order valence-corrected chi connectivity index (χ0v) is 23.6. The molecule has 1 heterocycles. The van der Waals surface area contributed by atoms with Gasteiger partial charge in [-0.3, -0.25) is 9.59 Å². The average molecular weight is 514 g/mol. The highest BCUT2D eigenvalue weighted by molar-refractivity contribution is 5.88. The first-order valence-electron chi connectivity index (χ1n) is 14.2. The molecule has 4 atom stereocenters. The first-order chi connectivity index (χ1) is 18.3. The fourth-order valence-electron chi connectivity index (χ4n) is 5.26. The first kappa shape index (κ1) is 27.7. The van der Waals surface area contributed by atoms with E-state index >= 15 is 0 Å². The number of aromatic nitrogens is 1. The standard InChI is InChI=1S/C33H43N3O2/c1-6-25(4)35(22-29-18-13-19-34(29)21-28-17-12-11-14-24(28)3)32(37)23-36(26(5)7-2)33(38)31-20-30(31)27-15-9-8-10-16-27/h8-19,25-26,30-31H,6-7,20-23H2,1-5H3. The Morgan fingerprint density at radius 2 is 1.55 bits per heavy atom. The van der Waals surface area contributed by atoms with Gasteiger partial charge in [0.05, 0.1) is 6.54 Å². The van der Waals surface area contributed by atoms with Gasteiger partial charge < -0.3 is 14.4 Å². The highest BCUT2D eigenvalue weighted by Gasteiger charge is 2.46. The number of hydrogen-bond donors (Lipinski definition) is 0. The number of nitrogens with zero attached hydrogens (tertiary/aromatic N) is 3. The van der Waals surface area contributed by atoms with Gasteiger partial charge in [0.15, 0.2) is 0 Å². The molecule has 4 rings (SSSR count). The fourth-order valence-corrected chi connectivity index (χ4v) is 5.26. The van der Waals surface area contributed by atoms with Crippen molar-refractivity contribution in [3.63, 3.8) is 0 Å². The van der Waals surface area contributed by atoms with Crippen molar-refractivity contribution in [1.82, 2.24) is 14.4 Å². The molecule has 5 nitrogen and oxygen atoms in total. The van der Waals surface area contributed by atoms with Gasteiger partial charge in [-0.15, -0.1) is 0 Å². The van der Waals surface area contributed by atoms with Crippen molar-refractivity contribution >= 4 is 11.8 Å². The van der Waals surface area contributed by atoms with Crippen molar-refractivity contribution in [2.24, 2.45) is 5.92 Å². The van der Waals surface area contributed by atoms with Crippen molar-refractivity contribution in [3.8, 4) is 0 Å². The van der Waals surface area contributed by atoms with Crippen LogP contribution in [0, 0.1) is 12.8 Å². The number of rotatable bonds is 12. The average Bonchev–Trinajstić information content (AvgIpc) is 3.63. The minimum absolute atomic E-state index is 0.0205. The Morgan fingerprint density at radius 1 is 0.895 bits per heavy atom. The molecule has 0 aliphatic heterocycles. The van der Waals surface area contributed by atoms with Crippen LogP contribution in [0.25, 0.3) is 0 Å². The number of amides is 2. The molecule has 0 saturated heterocycles. The molecule has 1 fully saturated rings. The van der Waals surface area contributed by atoms with Gasteiger partial charge >= 0.3 is 0 Å². The van der Waals surface area contributed by atoms with Gasteiger partial charge in [0.25, 0.3) is 0 Å². The van der Waals surface area contributed by atoms with E-state index < -0.39 is 0 Å². The molecule has 1 aliphatic carbocycles. The molecule has 0 bridgehead atoms. The van der Waals surface area contributed by atoms with Crippen molar-refractivity contribution in [1.29, 1.82) is 0 Å². The van der Waals surface area contributed by atoms with Gasteiger partial charge in [-0.1, -0.05) is 68.4 Å². The molecule has 1 aliphatic rings. The molecular formula is C33H43N3O2. The van der Waals surface area contributed by atoms with Crippen LogP contribution in [-0.4, -0.2) is 44.8 Å². The van der Waals surface area contributed by atoms with Crippen molar-refractivity contribution in [2.75, 3.05) is 6.54 Å². The summed E-state index contributed by atoms with van der Waals surface area (Å²) in [5, 5.41) is 0. The summed E-state index contributed by atoms with van der Waals surface area (Å²) in [6, 6.07) is 23.0. The van der Waals surface area contributed by atoms with Crippen LogP contribution in [-0.2, 0) is 22.7 Å².